The molecule has 0 saturated heterocycles. The van der Waals surface area contributed by atoms with Crippen LogP contribution >= 0.6 is 26.6 Å². The SMILES string of the molecule is Cc1c(Br)cc(C(=O)NC(C)C(C)(C)C)cc1S(=O)(=O)Cl. The second kappa shape index (κ2) is 6.26. The first-order chi connectivity index (χ1) is 9.34. The molecule has 1 aromatic carbocycles. The number of carbonyl (C=O) groups is 1. The monoisotopic (exact) mass is 395 g/mol. The number of benzene rings is 1. The molecule has 0 bridgehead atoms. The van der Waals surface area contributed by atoms with Gasteiger partial charge in [0.05, 0.1) is 4.90 Å². The van der Waals surface area contributed by atoms with Crippen LogP contribution in [0.2, 0.25) is 0 Å². The molecule has 0 spiro atoms. The molecule has 0 fully saturated rings. The normalized spacial score (nSPS) is 13.9. The molecule has 7 heteroatoms. The van der Waals surface area contributed by atoms with Gasteiger partial charge in [-0.2, -0.15) is 0 Å². The minimum atomic E-state index is -3.91. The van der Waals surface area contributed by atoms with E-state index in [9.17, 15) is 13.2 Å². The van der Waals surface area contributed by atoms with Gasteiger partial charge >= 0.3 is 0 Å². The van der Waals surface area contributed by atoms with Gasteiger partial charge in [-0.15, -0.1) is 0 Å². The van der Waals surface area contributed by atoms with Gasteiger partial charge in [-0.3, -0.25) is 4.79 Å². The zero-order valence-corrected chi connectivity index (χ0v) is 15.8. The molecule has 0 radical (unpaired) electrons. The van der Waals surface area contributed by atoms with E-state index in [0.29, 0.717) is 10.0 Å². The molecular weight excluding hydrogens is 378 g/mol. The first-order valence-corrected chi connectivity index (χ1v) is 9.50. The molecular formula is C14H19BrClNO3S. The minimum Gasteiger partial charge on any atom is -0.349 e. The highest BCUT2D eigenvalue weighted by Crippen LogP contribution is 2.28. The quantitative estimate of drug-likeness (QED) is 0.789. The van der Waals surface area contributed by atoms with E-state index in [1.54, 1.807) is 13.0 Å². The third-order valence-electron chi connectivity index (χ3n) is 3.47. The summed E-state index contributed by atoms with van der Waals surface area (Å²) in [6.07, 6.45) is 0. The molecule has 1 atom stereocenters. The van der Waals surface area contributed by atoms with Gasteiger partial charge in [-0.05, 0) is 37.0 Å². The maximum absolute atomic E-state index is 12.3. The number of halogens is 2. The fourth-order valence-electron chi connectivity index (χ4n) is 1.53. The number of amides is 1. The summed E-state index contributed by atoms with van der Waals surface area (Å²) in [6, 6.07) is 2.82. The topological polar surface area (TPSA) is 63.2 Å². The van der Waals surface area contributed by atoms with Gasteiger partial charge in [-0.1, -0.05) is 36.7 Å². The molecule has 0 heterocycles. The highest BCUT2D eigenvalue weighted by molar-refractivity contribution is 9.10. The van der Waals surface area contributed by atoms with Crippen molar-refractivity contribution in [1.29, 1.82) is 0 Å². The fourth-order valence-corrected chi connectivity index (χ4v) is 3.35. The van der Waals surface area contributed by atoms with Crippen molar-refractivity contribution in [3.05, 3.63) is 27.7 Å². The number of carbonyl (C=O) groups excluding carboxylic acids is 1. The van der Waals surface area contributed by atoms with Crippen molar-refractivity contribution in [3.63, 3.8) is 0 Å². The number of hydrogen-bond donors (Lipinski definition) is 1. The molecule has 21 heavy (non-hydrogen) atoms. The Hall–Kier alpha value is -0.590. The highest BCUT2D eigenvalue weighted by atomic mass is 79.9. The molecule has 0 aliphatic rings. The molecule has 4 nitrogen and oxygen atoms in total. The van der Waals surface area contributed by atoms with Crippen LogP contribution in [0.25, 0.3) is 0 Å². The third kappa shape index (κ3) is 4.69. The lowest BCUT2D eigenvalue weighted by molar-refractivity contribution is 0.0910. The molecule has 118 valence electrons. The maximum atomic E-state index is 12.3. The van der Waals surface area contributed by atoms with E-state index in [0.717, 1.165) is 0 Å². The van der Waals surface area contributed by atoms with E-state index in [1.165, 1.54) is 6.07 Å². The van der Waals surface area contributed by atoms with E-state index < -0.39 is 9.05 Å². The average Bonchev–Trinajstić information content (AvgIpc) is 2.29. The molecule has 0 aliphatic carbocycles. The second-order valence-electron chi connectivity index (χ2n) is 6.08. The van der Waals surface area contributed by atoms with Crippen molar-refractivity contribution in [2.75, 3.05) is 0 Å². The summed E-state index contributed by atoms with van der Waals surface area (Å²) in [5.41, 5.74) is 0.632. The first-order valence-electron chi connectivity index (χ1n) is 6.39. The Labute approximate surface area is 138 Å². The van der Waals surface area contributed by atoms with Crippen molar-refractivity contribution in [3.8, 4) is 0 Å². The van der Waals surface area contributed by atoms with E-state index in [4.69, 9.17) is 10.7 Å². The van der Waals surface area contributed by atoms with Crippen LogP contribution in [-0.4, -0.2) is 20.4 Å². The van der Waals surface area contributed by atoms with Gasteiger partial charge in [0, 0.05) is 26.8 Å². The highest BCUT2D eigenvalue weighted by Gasteiger charge is 2.24. The molecule has 0 saturated carbocycles. The van der Waals surface area contributed by atoms with Crippen molar-refractivity contribution < 1.29 is 13.2 Å². The maximum Gasteiger partial charge on any atom is 0.261 e. The summed E-state index contributed by atoms with van der Waals surface area (Å²) in [5, 5.41) is 2.86. The molecule has 1 rings (SSSR count). The Morgan fingerprint density at radius 3 is 2.29 bits per heavy atom. The zero-order valence-electron chi connectivity index (χ0n) is 12.6. The van der Waals surface area contributed by atoms with Crippen LogP contribution in [0.1, 0.15) is 43.6 Å². The van der Waals surface area contributed by atoms with Crippen LogP contribution in [0, 0.1) is 12.3 Å². The molecule has 1 amide bonds. The Morgan fingerprint density at radius 1 is 1.33 bits per heavy atom. The van der Waals surface area contributed by atoms with Gasteiger partial charge in [0.15, 0.2) is 0 Å². The first kappa shape index (κ1) is 18.5. The zero-order chi connectivity index (χ0) is 16.6. The summed E-state index contributed by atoms with van der Waals surface area (Å²) in [7, 11) is 1.50. The van der Waals surface area contributed by atoms with Gasteiger partial charge in [0.2, 0.25) is 0 Å². The minimum absolute atomic E-state index is 0.0629. The van der Waals surface area contributed by atoms with Crippen molar-refractivity contribution in [2.45, 2.75) is 45.6 Å². The van der Waals surface area contributed by atoms with E-state index in [1.807, 2.05) is 27.7 Å². The van der Waals surface area contributed by atoms with Crippen LogP contribution in [-0.2, 0) is 9.05 Å². The Morgan fingerprint density at radius 2 is 1.86 bits per heavy atom. The molecule has 1 N–H and O–H groups in total. The molecule has 1 aromatic rings. The lowest BCUT2D eigenvalue weighted by Gasteiger charge is -2.28. The standard InChI is InChI=1S/C14H19BrClNO3S/c1-8-11(15)6-10(7-12(8)21(16,19)20)13(18)17-9(2)14(3,4)5/h6-7,9H,1-5H3,(H,17,18). The molecule has 1 unspecified atom stereocenters. The van der Waals surface area contributed by atoms with Crippen molar-refractivity contribution in [2.24, 2.45) is 5.41 Å². The smallest absolute Gasteiger partial charge is 0.261 e. The van der Waals surface area contributed by atoms with E-state index in [2.05, 4.69) is 21.2 Å². The predicted octanol–water partition coefficient (Wildman–Crippen LogP) is 3.85. The number of hydrogen-bond acceptors (Lipinski definition) is 3. The van der Waals surface area contributed by atoms with E-state index >= 15 is 0 Å². The van der Waals surface area contributed by atoms with Gasteiger partial charge < -0.3 is 5.32 Å². The van der Waals surface area contributed by atoms with Crippen molar-refractivity contribution >= 4 is 41.6 Å². The second-order valence-corrected chi connectivity index (χ2v) is 9.47. The summed E-state index contributed by atoms with van der Waals surface area (Å²) in [5.74, 6) is -0.334. The fraction of sp³-hybridized carbons (Fsp3) is 0.500. The Bertz CT molecular complexity index is 666. The average molecular weight is 397 g/mol. The third-order valence-corrected chi connectivity index (χ3v) is 5.74. The van der Waals surface area contributed by atoms with Crippen LogP contribution in [0.4, 0.5) is 0 Å². The summed E-state index contributed by atoms with van der Waals surface area (Å²) >= 11 is 3.26. The largest absolute Gasteiger partial charge is 0.349 e. The van der Waals surface area contributed by atoms with E-state index in [-0.39, 0.29) is 27.8 Å². The van der Waals surface area contributed by atoms with Crippen LogP contribution in [0.15, 0.2) is 21.5 Å². The predicted molar refractivity (Wildman–Crippen MR) is 88.3 cm³/mol. The molecule has 0 aromatic heterocycles. The summed E-state index contributed by atoms with van der Waals surface area (Å²) in [6.45, 7) is 9.56. The van der Waals surface area contributed by atoms with Gasteiger partial charge in [0.1, 0.15) is 0 Å². The lowest BCUT2D eigenvalue weighted by Crippen LogP contribution is -2.41. The Kier molecular flexibility index (Phi) is 5.51. The Balaban J connectivity index is 3.21. The van der Waals surface area contributed by atoms with Crippen LogP contribution in [0.5, 0.6) is 0 Å². The van der Waals surface area contributed by atoms with Gasteiger partial charge in [0.25, 0.3) is 15.0 Å². The lowest BCUT2D eigenvalue weighted by atomic mass is 9.88. The van der Waals surface area contributed by atoms with Crippen LogP contribution < -0.4 is 5.32 Å². The summed E-state index contributed by atoms with van der Waals surface area (Å²) < 4.78 is 23.7. The number of nitrogens with one attached hydrogen (secondary N) is 1. The van der Waals surface area contributed by atoms with Gasteiger partial charge in [-0.25, -0.2) is 8.42 Å². The number of rotatable bonds is 3. The summed E-state index contributed by atoms with van der Waals surface area (Å²) in [4.78, 5) is 12.2. The van der Waals surface area contributed by atoms with Crippen molar-refractivity contribution in [1.82, 2.24) is 5.32 Å². The molecule has 0 aliphatic heterocycles. The van der Waals surface area contributed by atoms with Crippen LogP contribution in [0.3, 0.4) is 0 Å².